The van der Waals surface area contributed by atoms with E-state index in [0.717, 1.165) is 110 Å². The number of fused-ring (bicyclic) bond motifs is 10. The number of nitrogens with zero attached hydrogens (tertiary/aromatic N) is 4. The maximum atomic E-state index is 6.72. The molecular formula is C55H32N4O2. The first-order valence-corrected chi connectivity index (χ1v) is 20.4. The van der Waals surface area contributed by atoms with Crippen LogP contribution in [0.1, 0.15) is 0 Å². The molecule has 13 rings (SSSR count). The Balaban J connectivity index is 1.06. The maximum absolute atomic E-state index is 6.72. The predicted molar refractivity (Wildman–Crippen MR) is 248 cm³/mol. The van der Waals surface area contributed by atoms with Crippen molar-refractivity contribution in [1.29, 1.82) is 0 Å². The Morgan fingerprint density at radius 3 is 1.74 bits per heavy atom. The molecule has 4 aromatic heterocycles. The van der Waals surface area contributed by atoms with Crippen LogP contribution in [0.15, 0.2) is 203 Å². The molecule has 0 N–H and O–H groups in total. The van der Waals surface area contributed by atoms with Crippen molar-refractivity contribution in [2.75, 3.05) is 0 Å². The summed E-state index contributed by atoms with van der Waals surface area (Å²) in [7, 11) is 0. The van der Waals surface area contributed by atoms with Gasteiger partial charge in [-0.2, -0.15) is 9.97 Å². The maximum Gasteiger partial charge on any atom is 0.238 e. The second kappa shape index (κ2) is 13.1. The van der Waals surface area contributed by atoms with E-state index in [2.05, 4.69) is 156 Å². The molecule has 0 aliphatic rings. The molecule has 0 aliphatic carbocycles. The summed E-state index contributed by atoms with van der Waals surface area (Å²) in [6.45, 7) is 0. The number of hydrogen-bond donors (Lipinski definition) is 0. The largest absolute Gasteiger partial charge is 0.455 e. The number of rotatable bonds is 5. The quantitative estimate of drug-likeness (QED) is 0.174. The Bertz CT molecular complexity index is 3880. The first-order chi connectivity index (χ1) is 30.2. The Morgan fingerprint density at radius 2 is 0.934 bits per heavy atom. The van der Waals surface area contributed by atoms with Gasteiger partial charge in [-0.15, -0.1) is 0 Å². The fourth-order valence-electron chi connectivity index (χ4n) is 9.23. The van der Waals surface area contributed by atoms with Gasteiger partial charge in [0.2, 0.25) is 5.95 Å². The van der Waals surface area contributed by atoms with E-state index in [1.807, 2.05) is 42.5 Å². The summed E-state index contributed by atoms with van der Waals surface area (Å²) in [5.41, 5.74) is 11.3. The third-order valence-corrected chi connectivity index (χ3v) is 12.0. The SMILES string of the molecule is c1ccc(-c2nc(-c3cccc4c3oc3cc5ccccc5cc34)nc(-n3c4ccccc4c4cccc(-c5ccc6oc7c(-c8ccccc8)cccc7c6c5)c43)n2)cc1. The van der Waals surface area contributed by atoms with Crippen LogP contribution in [-0.4, -0.2) is 19.5 Å². The van der Waals surface area contributed by atoms with Crippen molar-refractivity contribution >= 4 is 76.5 Å². The molecule has 9 aromatic carbocycles. The fraction of sp³-hybridized carbons (Fsp3) is 0. The number of hydrogen-bond acceptors (Lipinski definition) is 5. The molecule has 0 unspecified atom stereocenters. The Hall–Kier alpha value is -8.35. The van der Waals surface area contributed by atoms with Gasteiger partial charge in [-0.05, 0) is 58.3 Å². The summed E-state index contributed by atoms with van der Waals surface area (Å²) in [6, 6.07) is 67.4. The highest BCUT2D eigenvalue weighted by Crippen LogP contribution is 2.42. The Kier molecular flexibility index (Phi) is 7.21. The van der Waals surface area contributed by atoms with E-state index in [1.165, 1.54) is 0 Å². The van der Waals surface area contributed by atoms with Crippen LogP contribution in [0.5, 0.6) is 0 Å². The summed E-state index contributed by atoms with van der Waals surface area (Å²) in [6.07, 6.45) is 0. The molecule has 0 atom stereocenters. The molecule has 61 heavy (non-hydrogen) atoms. The molecule has 13 aromatic rings. The van der Waals surface area contributed by atoms with Crippen molar-refractivity contribution in [3.8, 4) is 51.0 Å². The summed E-state index contributed by atoms with van der Waals surface area (Å²) in [5.74, 6) is 1.62. The summed E-state index contributed by atoms with van der Waals surface area (Å²) in [5, 5.41) is 8.71. The Labute approximate surface area is 348 Å². The van der Waals surface area contributed by atoms with E-state index in [0.29, 0.717) is 17.6 Å². The third kappa shape index (κ3) is 5.19. The molecule has 0 bridgehead atoms. The topological polar surface area (TPSA) is 69.9 Å². The van der Waals surface area contributed by atoms with Crippen LogP contribution in [0.3, 0.4) is 0 Å². The first-order valence-electron chi connectivity index (χ1n) is 20.4. The molecule has 0 aliphatic heterocycles. The lowest BCUT2D eigenvalue weighted by Gasteiger charge is -2.13. The van der Waals surface area contributed by atoms with E-state index >= 15 is 0 Å². The second-order valence-corrected chi connectivity index (χ2v) is 15.5. The lowest BCUT2D eigenvalue weighted by Crippen LogP contribution is -2.07. The molecule has 0 spiro atoms. The van der Waals surface area contributed by atoms with Gasteiger partial charge >= 0.3 is 0 Å². The number of para-hydroxylation sites is 4. The minimum atomic E-state index is 0.517. The summed E-state index contributed by atoms with van der Waals surface area (Å²) in [4.78, 5) is 15.8. The van der Waals surface area contributed by atoms with Crippen LogP contribution in [0.4, 0.5) is 0 Å². The minimum Gasteiger partial charge on any atom is -0.455 e. The molecule has 6 heteroatoms. The average molecular weight is 781 g/mol. The lowest BCUT2D eigenvalue weighted by atomic mass is 9.99. The van der Waals surface area contributed by atoms with Gasteiger partial charge in [0, 0.05) is 49.0 Å². The van der Waals surface area contributed by atoms with Crippen molar-refractivity contribution < 1.29 is 8.83 Å². The van der Waals surface area contributed by atoms with Crippen molar-refractivity contribution in [3.05, 3.63) is 194 Å². The van der Waals surface area contributed by atoms with E-state index < -0.39 is 0 Å². The molecule has 0 amide bonds. The van der Waals surface area contributed by atoms with Crippen molar-refractivity contribution in [2.45, 2.75) is 0 Å². The standard InChI is InChI=1S/C55H32N4O2/c1-3-14-33(15-4-1)39-22-12-24-42-45-31-37(28-29-48(45)60-51(39)42)38-21-11-23-41-40-20-9-10-27-47(40)59(50(38)41)55-57-53(34-16-5-2-6-17-34)56-54(58-55)44-26-13-25-43-46-30-35-18-7-8-19-36(35)32-49(46)61-52(43)44/h1-32H. The van der Waals surface area contributed by atoms with Gasteiger partial charge in [0.15, 0.2) is 11.6 Å². The monoisotopic (exact) mass is 780 g/mol. The van der Waals surface area contributed by atoms with Gasteiger partial charge in [-0.25, -0.2) is 4.98 Å². The fourth-order valence-corrected chi connectivity index (χ4v) is 9.23. The highest BCUT2D eigenvalue weighted by molar-refractivity contribution is 6.16. The average Bonchev–Trinajstić information content (AvgIpc) is 4.00. The molecule has 0 radical (unpaired) electrons. The van der Waals surface area contributed by atoms with E-state index in [-0.39, 0.29) is 0 Å². The zero-order valence-corrected chi connectivity index (χ0v) is 32.6. The van der Waals surface area contributed by atoms with Crippen LogP contribution < -0.4 is 0 Å². The number of aromatic nitrogens is 4. The first kappa shape index (κ1) is 33.6. The molecule has 284 valence electrons. The van der Waals surface area contributed by atoms with Crippen molar-refractivity contribution in [2.24, 2.45) is 0 Å². The van der Waals surface area contributed by atoms with Crippen LogP contribution in [0.25, 0.3) is 127 Å². The van der Waals surface area contributed by atoms with E-state index in [9.17, 15) is 0 Å². The van der Waals surface area contributed by atoms with Crippen molar-refractivity contribution in [1.82, 2.24) is 19.5 Å². The highest BCUT2D eigenvalue weighted by atomic mass is 16.3. The zero-order chi connectivity index (χ0) is 40.0. The van der Waals surface area contributed by atoms with Crippen LogP contribution in [0.2, 0.25) is 0 Å². The number of benzene rings is 9. The van der Waals surface area contributed by atoms with Gasteiger partial charge in [0.05, 0.1) is 16.6 Å². The lowest BCUT2D eigenvalue weighted by molar-refractivity contribution is 0.669. The van der Waals surface area contributed by atoms with Gasteiger partial charge in [0.25, 0.3) is 0 Å². The van der Waals surface area contributed by atoms with Gasteiger partial charge < -0.3 is 8.83 Å². The third-order valence-electron chi connectivity index (χ3n) is 12.0. The molecule has 0 saturated heterocycles. The van der Waals surface area contributed by atoms with Gasteiger partial charge in [-0.3, -0.25) is 4.57 Å². The minimum absolute atomic E-state index is 0.517. The predicted octanol–water partition coefficient (Wildman–Crippen LogP) is 14.6. The van der Waals surface area contributed by atoms with Crippen molar-refractivity contribution in [3.63, 3.8) is 0 Å². The second-order valence-electron chi connectivity index (χ2n) is 15.5. The molecule has 0 saturated carbocycles. The smallest absolute Gasteiger partial charge is 0.238 e. The summed E-state index contributed by atoms with van der Waals surface area (Å²) >= 11 is 0. The van der Waals surface area contributed by atoms with Crippen LogP contribution >= 0.6 is 0 Å². The molecular weight excluding hydrogens is 749 g/mol. The van der Waals surface area contributed by atoms with Crippen LogP contribution in [0, 0.1) is 0 Å². The highest BCUT2D eigenvalue weighted by Gasteiger charge is 2.23. The molecule has 6 nitrogen and oxygen atoms in total. The summed E-state index contributed by atoms with van der Waals surface area (Å²) < 4.78 is 15.5. The van der Waals surface area contributed by atoms with Gasteiger partial charge in [-0.1, -0.05) is 158 Å². The number of furan rings is 2. The zero-order valence-electron chi connectivity index (χ0n) is 32.6. The molecule has 0 fully saturated rings. The van der Waals surface area contributed by atoms with Gasteiger partial charge in [0.1, 0.15) is 22.3 Å². The van der Waals surface area contributed by atoms with E-state index in [4.69, 9.17) is 23.8 Å². The van der Waals surface area contributed by atoms with Crippen LogP contribution in [-0.2, 0) is 0 Å². The Morgan fingerprint density at radius 1 is 0.344 bits per heavy atom. The molecule has 4 heterocycles. The van der Waals surface area contributed by atoms with E-state index in [1.54, 1.807) is 0 Å². The normalized spacial score (nSPS) is 11.9.